The van der Waals surface area contributed by atoms with Crippen LogP contribution in [0.2, 0.25) is 0 Å². The smallest absolute Gasteiger partial charge is 0.122 e. The van der Waals surface area contributed by atoms with Crippen molar-refractivity contribution in [2.75, 3.05) is 14.2 Å². The van der Waals surface area contributed by atoms with Gasteiger partial charge in [-0.2, -0.15) is 0 Å². The van der Waals surface area contributed by atoms with Crippen molar-refractivity contribution in [1.82, 2.24) is 5.32 Å². The molecule has 0 aliphatic heterocycles. The first kappa shape index (κ1) is 14.6. The number of benzene rings is 2. The van der Waals surface area contributed by atoms with Crippen molar-refractivity contribution in [1.29, 1.82) is 0 Å². The molecule has 2 aromatic rings. The Labute approximate surface area is 121 Å². The largest absolute Gasteiger partial charge is 0.496 e. The third kappa shape index (κ3) is 2.70. The summed E-state index contributed by atoms with van der Waals surface area (Å²) in [4.78, 5) is 0. The van der Waals surface area contributed by atoms with Crippen molar-refractivity contribution in [2.24, 2.45) is 0 Å². The minimum Gasteiger partial charge on any atom is -0.496 e. The summed E-state index contributed by atoms with van der Waals surface area (Å²) in [5, 5.41) is 3.42. The number of aryl methyl sites for hydroxylation is 2. The van der Waals surface area contributed by atoms with E-state index in [1.807, 2.05) is 7.05 Å². The predicted octanol–water partition coefficient (Wildman–Crippen LogP) is 3.93. The van der Waals surface area contributed by atoms with Gasteiger partial charge in [-0.1, -0.05) is 30.3 Å². The summed E-state index contributed by atoms with van der Waals surface area (Å²) < 4.78 is 5.44. The molecule has 2 heteroatoms. The minimum atomic E-state index is 0.185. The maximum Gasteiger partial charge on any atom is 0.122 e. The highest BCUT2D eigenvalue weighted by Crippen LogP contribution is 2.29. The van der Waals surface area contributed by atoms with Crippen molar-refractivity contribution in [3.05, 3.63) is 64.2 Å². The molecule has 0 fully saturated rings. The number of hydrogen-bond donors (Lipinski definition) is 1. The first-order chi connectivity index (χ1) is 9.58. The van der Waals surface area contributed by atoms with Gasteiger partial charge < -0.3 is 10.1 Å². The lowest BCUT2D eigenvalue weighted by Gasteiger charge is -2.21. The Morgan fingerprint density at radius 3 is 2.40 bits per heavy atom. The Morgan fingerprint density at radius 1 is 1.00 bits per heavy atom. The average molecular weight is 269 g/mol. The fourth-order valence-corrected chi connectivity index (χ4v) is 2.60. The van der Waals surface area contributed by atoms with Gasteiger partial charge in [-0.15, -0.1) is 0 Å². The van der Waals surface area contributed by atoms with E-state index in [0.717, 1.165) is 11.3 Å². The van der Waals surface area contributed by atoms with E-state index in [2.05, 4.69) is 62.5 Å². The van der Waals surface area contributed by atoms with E-state index in [4.69, 9.17) is 4.74 Å². The molecule has 2 nitrogen and oxygen atoms in total. The zero-order valence-corrected chi connectivity index (χ0v) is 12.9. The highest BCUT2D eigenvalue weighted by Gasteiger charge is 2.16. The molecule has 0 aliphatic carbocycles. The van der Waals surface area contributed by atoms with E-state index in [1.165, 1.54) is 22.3 Å². The summed E-state index contributed by atoms with van der Waals surface area (Å²) in [7, 11) is 3.72. The van der Waals surface area contributed by atoms with Crippen LogP contribution in [0, 0.1) is 20.8 Å². The Kier molecular flexibility index (Phi) is 4.46. The molecular formula is C18H23NO. The van der Waals surface area contributed by atoms with Crippen molar-refractivity contribution in [2.45, 2.75) is 26.8 Å². The van der Waals surface area contributed by atoms with Gasteiger partial charge in [-0.25, -0.2) is 0 Å². The average Bonchev–Trinajstić information content (AvgIpc) is 2.45. The molecule has 2 aromatic carbocycles. The van der Waals surface area contributed by atoms with Crippen molar-refractivity contribution >= 4 is 0 Å². The number of rotatable bonds is 4. The summed E-state index contributed by atoms with van der Waals surface area (Å²) in [6.45, 7) is 6.40. The van der Waals surface area contributed by atoms with E-state index in [0.29, 0.717) is 0 Å². The van der Waals surface area contributed by atoms with E-state index in [9.17, 15) is 0 Å². The Morgan fingerprint density at radius 2 is 1.75 bits per heavy atom. The SMILES string of the molecule is CNC(c1ccc(C)c(OC)c1)c1cccc(C)c1C. The predicted molar refractivity (Wildman–Crippen MR) is 84.5 cm³/mol. The van der Waals surface area contributed by atoms with Gasteiger partial charge in [0.25, 0.3) is 0 Å². The van der Waals surface area contributed by atoms with Crippen LogP contribution in [0.3, 0.4) is 0 Å². The Balaban J connectivity index is 2.49. The second-order valence-corrected chi connectivity index (χ2v) is 5.24. The summed E-state index contributed by atoms with van der Waals surface area (Å²) in [5.74, 6) is 0.938. The standard InChI is InChI=1S/C18H23NO/c1-12-7-6-8-16(14(12)3)18(19-4)15-10-9-13(2)17(11-15)20-5/h6-11,18-19H,1-5H3. The molecule has 0 aliphatic rings. The van der Waals surface area contributed by atoms with Gasteiger partial charge in [-0.3, -0.25) is 0 Å². The van der Waals surface area contributed by atoms with Crippen molar-refractivity contribution in [3.8, 4) is 5.75 Å². The highest BCUT2D eigenvalue weighted by atomic mass is 16.5. The van der Waals surface area contributed by atoms with E-state index in [-0.39, 0.29) is 6.04 Å². The molecule has 0 radical (unpaired) electrons. The highest BCUT2D eigenvalue weighted by molar-refractivity contribution is 5.44. The van der Waals surface area contributed by atoms with Gasteiger partial charge in [0.1, 0.15) is 5.75 Å². The van der Waals surface area contributed by atoms with Crippen LogP contribution < -0.4 is 10.1 Å². The number of nitrogens with one attached hydrogen (secondary N) is 1. The number of methoxy groups -OCH3 is 1. The van der Waals surface area contributed by atoms with Crippen molar-refractivity contribution < 1.29 is 4.74 Å². The van der Waals surface area contributed by atoms with E-state index >= 15 is 0 Å². The van der Waals surface area contributed by atoms with Crippen molar-refractivity contribution in [3.63, 3.8) is 0 Å². The van der Waals surface area contributed by atoms with Crippen LogP contribution in [0.5, 0.6) is 5.75 Å². The third-order valence-electron chi connectivity index (χ3n) is 4.01. The lowest BCUT2D eigenvalue weighted by atomic mass is 9.92. The van der Waals surface area contributed by atoms with Crippen LogP contribution in [-0.2, 0) is 0 Å². The van der Waals surface area contributed by atoms with Gasteiger partial charge in [0.2, 0.25) is 0 Å². The zero-order chi connectivity index (χ0) is 14.7. The van der Waals surface area contributed by atoms with Crippen LogP contribution in [0.4, 0.5) is 0 Å². The second kappa shape index (κ2) is 6.10. The molecule has 0 amide bonds. The summed E-state index contributed by atoms with van der Waals surface area (Å²) >= 11 is 0. The molecule has 0 saturated heterocycles. The zero-order valence-electron chi connectivity index (χ0n) is 12.9. The molecule has 106 valence electrons. The normalized spacial score (nSPS) is 12.2. The lowest BCUT2D eigenvalue weighted by molar-refractivity contribution is 0.410. The molecule has 1 atom stereocenters. The van der Waals surface area contributed by atoms with Gasteiger partial charge in [0, 0.05) is 0 Å². The fraction of sp³-hybridized carbons (Fsp3) is 0.333. The molecule has 1 N–H and O–H groups in total. The van der Waals surface area contributed by atoms with Crippen LogP contribution >= 0.6 is 0 Å². The molecule has 20 heavy (non-hydrogen) atoms. The monoisotopic (exact) mass is 269 g/mol. The summed E-state index contributed by atoms with van der Waals surface area (Å²) in [5.41, 5.74) is 6.36. The van der Waals surface area contributed by atoms with Gasteiger partial charge in [0.15, 0.2) is 0 Å². The molecule has 0 aromatic heterocycles. The maximum atomic E-state index is 5.44. The molecule has 2 rings (SSSR count). The number of ether oxygens (including phenoxy) is 1. The molecule has 0 heterocycles. The maximum absolute atomic E-state index is 5.44. The fourth-order valence-electron chi connectivity index (χ4n) is 2.60. The topological polar surface area (TPSA) is 21.3 Å². The second-order valence-electron chi connectivity index (χ2n) is 5.24. The first-order valence-electron chi connectivity index (χ1n) is 6.96. The first-order valence-corrected chi connectivity index (χ1v) is 6.96. The van der Waals surface area contributed by atoms with Crippen LogP contribution in [0.25, 0.3) is 0 Å². The van der Waals surface area contributed by atoms with E-state index < -0.39 is 0 Å². The van der Waals surface area contributed by atoms with Gasteiger partial charge >= 0.3 is 0 Å². The molecule has 1 unspecified atom stereocenters. The summed E-state index contributed by atoms with van der Waals surface area (Å²) in [6, 6.07) is 13.1. The molecule has 0 saturated carbocycles. The van der Waals surface area contributed by atoms with E-state index in [1.54, 1.807) is 7.11 Å². The van der Waals surface area contributed by atoms with Gasteiger partial charge in [-0.05, 0) is 61.7 Å². The Hall–Kier alpha value is -1.80. The third-order valence-corrected chi connectivity index (χ3v) is 4.01. The van der Waals surface area contributed by atoms with Crippen LogP contribution in [-0.4, -0.2) is 14.2 Å². The number of hydrogen-bond acceptors (Lipinski definition) is 2. The molecule has 0 bridgehead atoms. The minimum absolute atomic E-state index is 0.185. The van der Waals surface area contributed by atoms with Crippen LogP contribution in [0.15, 0.2) is 36.4 Å². The molecule has 0 spiro atoms. The molecular weight excluding hydrogens is 246 g/mol. The quantitative estimate of drug-likeness (QED) is 0.908. The Bertz CT molecular complexity index is 604. The summed E-state index contributed by atoms with van der Waals surface area (Å²) in [6.07, 6.45) is 0. The van der Waals surface area contributed by atoms with Crippen LogP contribution in [0.1, 0.15) is 33.9 Å². The lowest BCUT2D eigenvalue weighted by Crippen LogP contribution is -2.19. The van der Waals surface area contributed by atoms with Gasteiger partial charge in [0.05, 0.1) is 13.2 Å².